The number of primary amides is 1. The molecule has 0 saturated heterocycles. The second kappa shape index (κ2) is 7.53. The van der Waals surface area contributed by atoms with Crippen LogP contribution >= 0.6 is 0 Å². The van der Waals surface area contributed by atoms with E-state index in [0.29, 0.717) is 29.0 Å². The zero-order valence-electron chi connectivity index (χ0n) is 17.6. The molecule has 3 N–H and O–H groups in total. The maximum atomic E-state index is 13.3. The summed E-state index contributed by atoms with van der Waals surface area (Å²) < 4.78 is 12.1. The molecule has 0 saturated carbocycles. The van der Waals surface area contributed by atoms with E-state index >= 15 is 0 Å². The van der Waals surface area contributed by atoms with Crippen molar-refractivity contribution in [1.82, 2.24) is 4.98 Å². The third-order valence-corrected chi connectivity index (χ3v) is 5.64. The number of aromatic nitrogens is 1. The maximum Gasteiger partial charge on any atom is 0.269 e. The summed E-state index contributed by atoms with van der Waals surface area (Å²) in [6, 6.07) is 14.6. The highest BCUT2D eigenvalue weighted by molar-refractivity contribution is 5.96. The van der Waals surface area contributed by atoms with Crippen LogP contribution in [0.25, 0.3) is 22.3 Å². The second-order valence-corrected chi connectivity index (χ2v) is 7.90. The lowest BCUT2D eigenvalue weighted by molar-refractivity contribution is 0.0996. The van der Waals surface area contributed by atoms with Crippen molar-refractivity contribution in [2.24, 2.45) is 5.73 Å². The van der Waals surface area contributed by atoms with Crippen LogP contribution in [0.5, 0.6) is 5.75 Å². The van der Waals surface area contributed by atoms with Crippen molar-refractivity contribution in [3.63, 3.8) is 0 Å². The molecule has 160 valence electrons. The Morgan fingerprint density at radius 2 is 2.00 bits per heavy atom. The van der Waals surface area contributed by atoms with Crippen molar-refractivity contribution in [2.45, 2.75) is 26.5 Å². The molecule has 0 aliphatic carbocycles. The van der Waals surface area contributed by atoms with Crippen LogP contribution in [0.1, 0.15) is 40.1 Å². The van der Waals surface area contributed by atoms with Gasteiger partial charge in [-0.25, -0.2) is 4.98 Å². The minimum atomic E-state index is -0.622. The average molecular weight is 427 g/mol. The standard InChI is InChI=1S/C25H21N3O4/c1-13-10-17(14(2)28-19-8-5-9-27-20(19)25(26)30)22-18(11-13)21(29)24-23(32-22)16-7-4-3-6-15(16)12-31-24/h3-11,14,28H,12H2,1-2H3,(H2,26,30). The summed E-state index contributed by atoms with van der Waals surface area (Å²) in [4.78, 5) is 29.2. The first kappa shape index (κ1) is 19.8. The normalized spacial score (nSPS) is 13.1. The van der Waals surface area contributed by atoms with Crippen LogP contribution in [0, 0.1) is 6.92 Å². The number of rotatable bonds is 4. The third kappa shape index (κ3) is 3.19. The van der Waals surface area contributed by atoms with Crippen LogP contribution < -0.4 is 21.2 Å². The van der Waals surface area contributed by atoms with Crippen LogP contribution in [-0.2, 0) is 6.61 Å². The number of nitrogens with zero attached hydrogens (tertiary/aromatic N) is 1. The Morgan fingerprint density at radius 3 is 2.81 bits per heavy atom. The molecule has 4 aromatic rings. The van der Waals surface area contributed by atoms with Gasteiger partial charge in [-0.05, 0) is 37.6 Å². The lowest BCUT2D eigenvalue weighted by atomic mass is 9.98. The van der Waals surface area contributed by atoms with Crippen LogP contribution in [0.15, 0.2) is 63.9 Å². The number of hydrogen-bond donors (Lipinski definition) is 2. The summed E-state index contributed by atoms with van der Waals surface area (Å²) in [5.74, 6) is 0.0428. The van der Waals surface area contributed by atoms with E-state index in [4.69, 9.17) is 14.9 Å². The minimum Gasteiger partial charge on any atom is -0.481 e. The summed E-state index contributed by atoms with van der Waals surface area (Å²) in [7, 11) is 0. The smallest absolute Gasteiger partial charge is 0.269 e. The van der Waals surface area contributed by atoms with Crippen molar-refractivity contribution in [3.8, 4) is 17.1 Å². The molecule has 7 nitrogen and oxygen atoms in total. The van der Waals surface area contributed by atoms with Crippen molar-refractivity contribution in [2.75, 3.05) is 5.32 Å². The van der Waals surface area contributed by atoms with E-state index in [9.17, 15) is 9.59 Å². The number of pyridine rings is 1. The van der Waals surface area contributed by atoms with Gasteiger partial charge in [0.1, 0.15) is 12.2 Å². The first-order valence-electron chi connectivity index (χ1n) is 10.3. The minimum absolute atomic E-state index is 0.150. The number of carbonyl (C=O) groups excluding carboxylic acids is 1. The quantitative estimate of drug-likeness (QED) is 0.502. The Bertz CT molecular complexity index is 1440. The van der Waals surface area contributed by atoms with Crippen LogP contribution in [-0.4, -0.2) is 10.9 Å². The Labute approximate surface area is 183 Å². The molecule has 7 heteroatoms. The fraction of sp³-hybridized carbons (Fsp3) is 0.160. The predicted molar refractivity (Wildman–Crippen MR) is 122 cm³/mol. The van der Waals surface area contributed by atoms with E-state index < -0.39 is 5.91 Å². The van der Waals surface area contributed by atoms with E-state index in [1.807, 2.05) is 44.2 Å². The summed E-state index contributed by atoms with van der Waals surface area (Å²) in [6.45, 7) is 4.17. The van der Waals surface area contributed by atoms with E-state index in [2.05, 4.69) is 10.3 Å². The molecule has 32 heavy (non-hydrogen) atoms. The summed E-state index contributed by atoms with van der Waals surface area (Å²) >= 11 is 0. The molecular weight excluding hydrogens is 406 g/mol. The number of benzene rings is 2. The SMILES string of the molecule is Cc1cc(C(C)Nc2cccnc2C(N)=O)c2oc3c(c(=O)c2c1)OCc1ccccc1-3. The number of amides is 1. The first-order valence-corrected chi connectivity index (χ1v) is 10.3. The zero-order valence-corrected chi connectivity index (χ0v) is 17.6. The largest absolute Gasteiger partial charge is 0.481 e. The lowest BCUT2D eigenvalue weighted by Crippen LogP contribution is -2.18. The molecule has 1 aliphatic rings. The number of fused-ring (bicyclic) bond motifs is 4. The monoisotopic (exact) mass is 427 g/mol. The fourth-order valence-electron chi connectivity index (χ4n) is 4.13. The first-order chi connectivity index (χ1) is 15.4. The van der Waals surface area contributed by atoms with E-state index in [1.165, 1.54) is 6.20 Å². The van der Waals surface area contributed by atoms with Gasteiger partial charge in [-0.3, -0.25) is 9.59 Å². The molecule has 3 heterocycles. The molecule has 1 atom stereocenters. The molecule has 5 rings (SSSR count). The van der Waals surface area contributed by atoms with Crippen molar-refractivity contribution in [3.05, 3.63) is 87.3 Å². The average Bonchev–Trinajstić information content (AvgIpc) is 2.79. The van der Waals surface area contributed by atoms with Crippen molar-refractivity contribution < 1.29 is 13.9 Å². The van der Waals surface area contributed by atoms with Gasteiger partial charge in [0, 0.05) is 22.9 Å². The number of carbonyl (C=O) groups is 1. The molecule has 1 amide bonds. The fourth-order valence-corrected chi connectivity index (χ4v) is 4.13. The molecule has 2 aromatic heterocycles. The van der Waals surface area contributed by atoms with Gasteiger partial charge in [-0.1, -0.05) is 30.3 Å². The number of anilines is 1. The summed E-state index contributed by atoms with van der Waals surface area (Å²) in [6.07, 6.45) is 1.51. The number of aryl methyl sites for hydroxylation is 1. The summed E-state index contributed by atoms with van der Waals surface area (Å²) in [5.41, 5.74) is 9.90. The van der Waals surface area contributed by atoms with Gasteiger partial charge in [0.05, 0.1) is 17.1 Å². The van der Waals surface area contributed by atoms with Gasteiger partial charge in [-0.2, -0.15) is 0 Å². The Kier molecular flexibility index (Phi) is 4.66. The maximum absolute atomic E-state index is 13.3. The predicted octanol–water partition coefficient (Wildman–Crippen LogP) is 4.33. The van der Waals surface area contributed by atoms with Crippen LogP contribution in [0.4, 0.5) is 5.69 Å². The topological polar surface area (TPSA) is 107 Å². The van der Waals surface area contributed by atoms with Crippen LogP contribution in [0.3, 0.4) is 0 Å². The van der Waals surface area contributed by atoms with Gasteiger partial charge in [0.25, 0.3) is 5.91 Å². The molecule has 1 aliphatic heterocycles. The van der Waals surface area contributed by atoms with Crippen LogP contribution in [0.2, 0.25) is 0 Å². The highest BCUT2D eigenvalue weighted by atomic mass is 16.5. The number of hydrogen-bond acceptors (Lipinski definition) is 6. The lowest BCUT2D eigenvalue weighted by Gasteiger charge is -2.22. The number of nitrogens with one attached hydrogen (secondary N) is 1. The Hall–Kier alpha value is -4.13. The van der Waals surface area contributed by atoms with Gasteiger partial charge < -0.3 is 20.2 Å². The van der Waals surface area contributed by atoms with E-state index in [-0.39, 0.29) is 22.9 Å². The second-order valence-electron chi connectivity index (χ2n) is 7.90. The van der Waals surface area contributed by atoms with E-state index in [1.54, 1.807) is 18.2 Å². The highest BCUT2D eigenvalue weighted by Gasteiger charge is 2.26. The highest BCUT2D eigenvalue weighted by Crippen LogP contribution is 2.39. The van der Waals surface area contributed by atoms with Crippen molar-refractivity contribution in [1.29, 1.82) is 0 Å². The Balaban J connectivity index is 1.69. The van der Waals surface area contributed by atoms with Gasteiger partial charge in [0.2, 0.25) is 11.2 Å². The van der Waals surface area contributed by atoms with Gasteiger partial charge >= 0.3 is 0 Å². The molecule has 1 unspecified atom stereocenters. The molecular formula is C25H21N3O4. The van der Waals surface area contributed by atoms with Crippen molar-refractivity contribution >= 4 is 22.6 Å². The zero-order chi connectivity index (χ0) is 22.4. The number of nitrogens with two attached hydrogens (primary N) is 1. The number of ether oxygens (including phenoxy) is 1. The summed E-state index contributed by atoms with van der Waals surface area (Å²) in [5, 5.41) is 3.74. The van der Waals surface area contributed by atoms with Gasteiger partial charge in [0.15, 0.2) is 11.5 Å². The molecule has 0 bridgehead atoms. The molecule has 0 radical (unpaired) electrons. The van der Waals surface area contributed by atoms with E-state index in [0.717, 1.165) is 22.3 Å². The Morgan fingerprint density at radius 1 is 1.19 bits per heavy atom. The molecule has 2 aromatic carbocycles. The van der Waals surface area contributed by atoms with Gasteiger partial charge in [-0.15, -0.1) is 0 Å². The molecule has 0 spiro atoms. The third-order valence-electron chi connectivity index (χ3n) is 5.64. The molecule has 0 fully saturated rings.